The van der Waals surface area contributed by atoms with Crippen LogP contribution in [0.15, 0.2) is 24.3 Å². The van der Waals surface area contributed by atoms with Gasteiger partial charge in [0.05, 0.1) is 0 Å². The fraction of sp³-hybridized carbons (Fsp3) is 0.611. The van der Waals surface area contributed by atoms with Crippen molar-refractivity contribution in [2.75, 3.05) is 45.8 Å². The molecule has 23 heavy (non-hydrogen) atoms. The lowest BCUT2D eigenvalue weighted by molar-refractivity contribution is 0.0759. The number of carbonyl (C=O) groups excluding carboxylic acids is 1. The number of rotatable bonds is 3. The molecule has 3 rings (SSSR count). The molecule has 126 valence electrons. The second-order valence-corrected chi connectivity index (χ2v) is 6.65. The van der Waals surface area contributed by atoms with E-state index < -0.39 is 0 Å². The van der Waals surface area contributed by atoms with Crippen molar-refractivity contribution in [1.29, 1.82) is 0 Å². The Morgan fingerprint density at radius 3 is 2.78 bits per heavy atom. The highest BCUT2D eigenvalue weighted by atomic mass is 19.1. The number of hydrogen-bond donors (Lipinski definition) is 1. The van der Waals surface area contributed by atoms with Crippen LogP contribution in [0.25, 0.3) is 0 Å². The maximum Gasteiger partial charge on any atom is 0.254 e. The Morgan fingerprint density at radius 2 is 2.00 bits per heavy atom. The largest absolute Gasteiger partial charge is 0.337 e. The highest BCUT2D eigenvalue weighted by Crippen LogP contribution is 2.16. The molecule has 0 unspecified atom stereocenters. The summed E-state index contributed by atoms with van der Waals surface area (Å²) in [7, 11) is 0. The fourth-order valence-electron chi connectivity index (χ4n) is 3.59. The van der Waals surface area contributed by atoms with Crippen molar-refractivity contribution in [3.63, 3.8) is 0 Å². The summed E-state index contributed by atoms with van der Waals surface area (Å²) in [5.74, 6) is 0.383. The van der Waals surface area contributed by atoms with E-state index in [0.717, 1.165) is 58.2 Å². The van der Waals surface area contributed by atoms with Gasteiger partial charge in [-0.05, 0) is 63.0 Å². The van der Waals surface area contributed by atoms with Gasteiger partial charge in [0, 0.05) is 31.7 Å². The standard InChI is InChI=1S/C18H26FN3O/c19-17-4-1-3-16(13-17)18(23)22-10-2-9-21(11-12-22)14-15-5-7-20-8-6-15/h1,3-4,13,15,20H,2,5-12,14H2. The molecule has 1 aromatic carbocycles. The first kappa shape index (κ1) is 16.4. The Hall–Kier alpha value is -1.46. The molecule has 0 aromatic heterocycles. The smallest absolute Gasteiger partial charge is 0.254 e. The topological polar surface area (TPSA) is 35.6 Å². The monoisotopic (exact) mass is 319 g/mol. The minimum Gasteiger partial charge on any atom is -0.337 e. The molecular weight excluding hydrogens is 293 g/mol. The van der Waals surface area contributed by atoms with E-state index in [0.29, 0.717) is 5.56 Å². The number of benzene rings is 1. The molecule has 2 saturated heterocycles. The van der Waals surface area contributed by atoms with Crippen LogP contribution in [-0.2, 0) is 0 Å². The normalized spacial score (nSPS) is 21.2. The van der Waals surface area contributed by atoms with Crippen molar-refractivity contribution >= 4 is 5.91 Å². The Kier molecular flexibility index (Phi) is 5.62. The average Bonchev–Trinajstić information content (AvgIpc) is 2.81. The van der Waals surface area contributed by atoms with Crippen molar-refractivity contribution in [2.24, 2.45) is 5.92 Å². The minimum atomic E-state index is -0.349. The Balaban J connectivity index is 1.54. The maximum atomic E-state index is 13.3. The lowest BCUT2D eigenvalue weighted by atomic mass is 9.97. The van der Waals surface area contributed by atoms with Gasteiger partial charge in [0.2, 0.25) is 0 Å². The molecule has 1 aromatic rings. The second kappa shape index (κ2) is 7.88. The van der Waals surface area contributed by atoms with Gasteiger partial charge in [-0.2, -0.15) is 0 Å². The average molecular weight is 319 g/mol. The molecule has 0 radical (unpaired) electrons. The zero-order valence-corrected chi connectivity index (χ0v) is 13.6. The van der Waals surface area contributed by atoms with Gasteiger partial charge < -0.3 is 15.1 Å². The summed E-state index contributed by atoms with van der Waals surface area (Å²) in [5, 5.41) is 3.41. The van der Waals surface area contributed by atoms with Gasteiger partial charge in [0.1, 0.15) is 5.82 Å². The van der Waals surface area contributed by atoms with Crippen LogP contribution in [0.4, 0.5) is 4.39 Å². The predicted molar refractivity (Wildman–Crippen MR) is 89.0 cm³/mol. The third kappa shape index (κ3) is 4.52. The number of hydrogen-bond acceptors (Lipinski definition) is 3. The molecule has 1 amide bonds. The van der Waals surface area contributed by atoms with Crippen LogP contribution in [0.2, 0.25) is 0 Å². The highest BCUT2D eigenvalue weighted by molar-refractivity contribution is 5.94. The molecule has 2 fully saturated rings. The first-order chi connectivity index (χ1) is 11.2. The van der Waals surface area contributed by atoms with E-state index >= 15 is 0 Å². The lowest BCUT2D eigenvalue weighted by Gasteiger charge is -2.29. The van der Waals surface area contributed by atoms with Crippen LogP contribution < -0.4 is 5.32 Å². The Morgan fingerprint density at radius 1 is 1.17 bits per heavy atom. The summed E-state index contributed by atoms with van der Waals surface area (Å²) in [4.78, 5) is 16.9. The molecule has 4 nitrogen and oxygen atoms in total. The summed E-state index contributed by atoms with van der Waals surface area (Å²) < 4.78 is 13.3. The van der Waals surface area contributed by atoms with Crippen LogP contribution in [0.3, 0.4) is 0 Å². The molecule has 0 aliphatic carbocycles. The van der Waals surface area contributed by atoms with Gasteiger partial charge in [0.25, 0.3) is 5.91 Å². The van der Waals surface area contributed by atoms with Gasteiger partial charge in [-0.25, -0.2) is 4.39 Å². The van der Waals surface area contributed by atoms with E-state index in [9.17, 15) is 9.18 Å². The SMILES string of the molecule is O=C(c1cccc(F)c1)N1CCCN(CC2CCNCC2)CC1. The number of piperidine rings is 1. The molecular formula is C18H26FN3O. The Bertz CT molecular complexity index is 531. The van der Waals surface area contributed by atoms with E-state index in [4.69, 9.17) is 0 Å². The summed E-state index contributed by atoms with van der Waals surface area (Å²) in [5.41, 5.74) is 0.455. The van der Waals surface area contributed by atoms with Crippen LogP contribution in [0.1, 0.15) is 29.6 Å². The third-order valence-corrected chi connectivity index (χ3v) is 4.92. The van der Waals surface area contributed by atoms with Crippen LogP contribution >= 0.6 is 0 Å². The zero-order valence-electron chi connectivity index (χ0n) is 13.6. The van der Waals surface area contributed by atoms with E-state index in [1.165, 1.54) is 25.0 Å². The predicted octanol–water partition coefficient (Wildman–Crippen LogP) is 1.97. The van der Waals surface area contributed by atoms with Crippen LogP contribution in [0, 0.1) is 11.7 Å². The Labute approximate surface area is 137 Å². The maximum absolute atomic E-state index is 13.3. The van der Waals surface area contributed by atoms with E-state index in [2.05, 4.69) is 10.2 Å². The highest BCUT2D eigenvalue weighted by Gasteiger charge is 2.23. The lowest BCUT2D eigenvalue weighted by Crippen LogP contribution is -2.39. The van der Waals surface area contributed by atoms with Gasteiger partial charge in [0.15, 0.2) is 0 Å². The molecule has 0 atom stereocenters. The number of nitrogens with one attached hydrogen (secondary N) is 1. The molecule has 0 spiro atoms. The number of halogens is 1. The van der Waals surface area contributed by atoms with Crippen molar-refractivity contribution < 1.29 is 9.18 Å². The first-order valence-corrected chi connectivity index (χ1v) is 8.70. The summed E-state index contributed by atoms with van der Waals surface area (Å²) >= 11 is 0. The van der Waals surface area contributed by atoms with Crippen molar-refractivity contribution in [1.82, 2.24) is 15.1 Å². The zero-order chi connectivity index (χ0) is 16.1. The molecule has 2 aliphatic rings. The van der Waals surface area contributed by atoms with E-state index in [-0.39, 0.29) is 11.7 Å². The molecule has 2 heterocycles. The van der Waals surface area contributed by atoms with Crippen LogP contribution in [-0.4, -0.2) is 61.5 Å². The minimum absolute atomic E-state index is 0.0479. The summed E-state index contributed by atoms with van der Waals surface area (Å²) in [6.07, 6.45) is 3.50. The number of carbonyl (C=O) groups is 1. The van der Waals surface area contributed by atoms with E-state index in [1.807, 2.05) is 4.90 Å². The van der Waals surface area contributed by atoms with E-state index in [1.54, 1.807) is 12.1 Å². The summed E-state index contributed by atoms with van der Waals surface area (Å²) in [6.45, 7) is 6.87. The van der Waals surface area contributed by atoms with Gasteiger partial charge in [-0.15, -0.1) is 0 Å². The van der Waals surface area contributed by atoms with Crippen molar-refractivity contribution in [2.45, 2.75) is 19.3 Å². The molecule has 2 aliphatic heterocycles. The van der Waals surface area contributed by atoms with Crippen molar-refractivity contribution in [3.05, 3.63) is 35.6 Å². The number of nitrogens with zero attached hydrogens (tertiary/aromatic N) is 2. The van der Waals surface area contributed by atoms with Gasteiger partial charge >= 0.3 is 0 Å². The van der Waals surface area contributed by atoms with Gasteiger partial charge in [-0.3, -0.25) is 4.79 Å². The third-order valence-electron chi connectivity index (χ3n) is 4.92. The second-order valence-electron chi connectivity index (χ2n) is 6.65. The molecule has 1 N–H and O–H groups in total. The van der Waals surface area contributed by atoms with Gasteiger partial charge in [-0.1, -0.05) is 6.07 Å². The fourth-order valence-corrected chi connectivity index (χ4v) is 3.59. The summed E-state index contributed by atoms with van der Waals surface area (Å²) in [6, 6.07) is 6.01. The molecule has 0 saturated carbocycles. The quantitative estimate of drug-likeness (QED) is 0.925. The molecule has 5 heteroatoms. The first-order valence-electron chi connectivity index (χ1n) is 8.70. The number of amides is 1. The van der Waals surface area contributed by atoms with Crippen molar-refractivity contribution in [3.8, 4) is 0 Å². The van der Waals surface area contributed by atoms with Crippen LogP contribution in [0.5, 0.6) is 0 Å². The molecule has 0 bridgehead atoms.